The van der Waals surface area contributed by atoms with Gasteiger partial charge in [-0.2, -0.15) is 0 Å². The van der Waals surface area contributed by atoms with Crippen LogP contribution in [0, 0.1) is 5.82 Å². The minimum absolute atomic E-state index is 0.105. The second-order valence-electron chi connectivity index (χ2n) is 3.70. The molecule has 0 radical (unpaired) electrons. The van der Waals surface area contributed by atoms with Crippen LogP contribution in [0.5, 0.6) is 5.75 Å². The molecule has 0 spiro atoms. The molecule has 2 aromatic rings. The molecule has 0 saturated carbocycles. The van der Waals surface area contributed by atoms with Gasteiger partial charge in [0, 0.05) is 5.02 Å². The van der Waals surface area contributed by atoms with Crippen LogP contribution in [0.3, 0.4) is 0 Å². The highest BCUT2D eigenvalue weighted by atomic mass is 35.5. The van der Waals surface area contributed by atoms with E-state index in [0.29, 0.717) is 11.3 Å². The quantitative estimate of drug-likeness (QED) is 0.490. The fraction of sp³-hybridized carbons (Fsp3) is 0. The lowest BCUT2D eigenvalue weighted by atomic mass is 10.2. The van der Waals surface area contributed by atoms with Gasteiger partial charge >= 0.3 is 5.97 Å². The van der Waals surface area contributed by atoms with Gasteiger partial charge in [-0.15, -0.1) is 0 Å². The molecule has 0 unspecified atom stereocenters. The average molecular weight is 279 g/mol. The lowest BCUT2D eigenvalue weighted by Crippen LogP contribution is -2.09. The number of rotatable bonds is 3. The number of aldehydes is 1. The summed E-state index contributed by atoms with van der Waals surface area (Å²) in [5.41, 5.74) is 0.358. The Kier molecular flexibility index (Phi) is 3.92. The van der Waals surface area contributed by atoms with Crippen molar-refractivity contribution < 1.29 is 18.7 Å². The third kappa shape index (κ3) is 3.17. The summed E-state index contributed by atoms with van der Waals surface area (Å²) in [6, 6.07) is 9.22. The summed E-state index contributed by atoms with van der Waals surface area (Å²) in [6.07, 6.45) is 0.541. The van der Waals surface area contributed by atoms with E-state index in [1.165, 1.54) is 30.3 Å². The monoisotopic (exact) mass is 278 g/mol. The fourth-order valence-electron chi connectivity index (χ4n) is 1.45. The lowest BCUT2D eigenvalue weighted by Gasteiger charge is -2.06. The number of ether oxygens (including phenoxy) is 1. The third-order valence-corrected chi connectivity index (χ3v) is 2.62. The molecular weight excluding hydrogens is 271 g/mol. The summed E-state index contributed by atoms with van der Waals surface area (Å²) in [6.45, 7) is 0. The molecule has 0 saturated heterocycles. The molecule has 3 nitrogen and oxygen atoms in total. The van der Waals surface area contributed by atoms with Crippen molar-refractivity contribution in [3.8, 4) is 5.75 Å². The fourth-order valence-corrected chi connectivity index (χ4v) is 1.63. The summed E-state index contributed by atoms with van der Waals surface area (Å²) in [7, 11) is 0. The predicted molar refractivity (Wildman–Crippen MR) is 68.2 cm³/mol. The molecule has 0 N–H and O–H groups in total. The molecule has 0 bridgehead atoms. The molecule has 0 amide bonds. The highest BCUT2D eigenvalue weighted by Gasteiger charge is 2.12. The van der Waals surface area contributed by atoms with E-state index in [9.17, 15) is 14.0 Å². The van der Waals surface area contributed by atoms with Crippen LogP contribution in [0.15, 0.2) is 42.5 Å². The van der Waals surface area contributed by atoms with Crippen molar-refractivity contribution in [1.82, 2.24) is 0 Å². The number of carbonyl (C=O) groups excluding carboxylic acids is 2. The third-order valence-electron chi connectivity index (χ3n) is 2.38. The molecule has 5 heteroatoms. The van der Waals surface area contributed by atoms with E-state index in [4.69, 9.17) is 16.3 Å². The van der Waals surface area contributed by atoms with Gasteiger partial charge in [-0.05, 0) is 42.5 Å². The van der Waals surface area contributed by atoms with Crippen molar-refractivity contribution in [2.45, 2.75) is 0 Å². The lowest BCUT2D eigenvalue weighted by molar-refractivity contribution is 0.0733. The van der Waals surface area contributed by atoms with Crippen LogP contribution in [0.1, 0.15) is 20.7 Å². The molecule has 2 rings (SSSR count). The maximum atomic E-state index is 12.7. The molecule has 0 aliphatic rings. The van der Waals surface area contributed by atoms with Gasteiger partial charge in [0.2, 0.25) is 0 Å². The van der Waals surface area contributed by atoms with Crippen molar-refractivity contribution >= 4 is 23.9 Å². The Morgan fingerprint density at radius 3 is 2.47 bits per heavy atom. The summed E-state index contributed by atoms with van der Waals surface area (Å²) in [5, 5.41) is 0.365. The molecule has 0 atom stereocenters. The van der Waals surface area contributed by atoms with Crippen molar-refractivity contribution in [3.05, 3.63) is 64.4 Å². The summed E-state index contributed by atoms with van der Waals surface area (Å²) in [5.74, 6) is -1.02. The number of benzene rings is 2. The summed E-state index contributed by atoms with van der Waals surface area (Å²) in [4.78, 5) is 22.6. The molecule has 2 aromatic carbocycles. The largest absolute Gasteiger partial charge is 0.422 e. The maximum absolute atomic E-state index is 12.7. The Balaban J connectivity index is 2.23. The Morgan fingerprint density at radius 1 is 1.16 bits per heavy atom. The van der Waals surface area contributed by atoms with E-state index in [1.807, 2.05) is 0 Å². The minimum Gasteiger partial charge on any atom is -0.422 e. The van der Waals surface area contributed by atoms with E-state index < -0.39 is 11.8 Å². The smallest absolute Gasteiger partial charge is 0.343 e. The number of halogens is 2. The number of esters is 1. The van der Waals surface area contributed by atoms with Crippen LogP contribution in [0.4, 0.5) is 4.39 Å². The van der Waals surface area contributed by atoms with Crippen molar-refractivity contribution in [3.63, 3.8) is 0 Å². The van der Waals surface area contributed by atoms with Crippen molar-refractivity contribution in [2.24, 2.45) is 0 Å². The predicted octanol–water partition coefficient (Wildman–Crippen LogP) is 3.51. The molecule has 96 valence electrons. The van der Waals surface area contributed by atoms with E-state index in [2.05, 4.69) is 0 Å². The normalized spacial score (nSPS) is 10.0. The van der Waals surface area contributed by atoms with Crippen LogP contribution in [0.25, 0.3) is 0 Å². The Hall–Kier alpha value is -2.20. The summed E-state index contributed by atoms with van der Waals surface area (Å²) >= 11 is 5.73. The van der Waals surface area contributed by atoms with Gasteiger partial charge in [0.1, 0.15) is 11.6 Å². The zero-order chi connectivity index (χ0) is 13.8. The first kappa shape index (κ1) is 13.2. The highest BCUT2D eigenvalue weighted by Crippen LogP contribution is 2.22. The van der Waals surface area contributed by atoms with Crippen LogP contribution < -0.4 is 4.74 Å². The van der Waals surface area contributed by atoms with E-state index in [0.717, 1.165) is 12.1 Å². The van der Waals surface area contributed by atoms with Crippen LogP contribution in [-0.4, -0.2) is 12.3 Å². The summed E-state index contributed by atoms with van der Waals surface area (Å²) < 4.78 is 17.8. The number of hydrogen-bond donors (Lipinski definition) is 0. The van der Waals surface area contributed by atoms with Crippen LogP contribution in [0.2, 0.25) is 5.02 Å². The van der Waals surface area contributed by atoms with Crippen molar-refractivity contribution in [1.29, 1.82) is 0 Å². The topological polar surface area (TPSA) is 43.4 Å². The van der Waals surface area contributed by atoms with Gasteiger partial charge in [-0.1, -0.05) is 11.6 Å². The first-order valence-corrected chi connectivity index (χ1v) is 5.70. The first-order chi connectivity index (χ1) is 9.10. The number of carbonyl (C=O) groups is 2. The molecule has 0 aromatic heterocycles. The molecular formula is C14H8ClFO3. The van der Waals surface area contributed by atoms with E-state index in [1.54, 1.807) is 0 Å². The zero-order valence-electron chi connectivity index (χ0n) is 9.60. The molecule has 0 aliphatic heterocycles. The Bertz CT molecular complexity index is 623. The van der Waals surface area contributed by atoms with Crippen molar-refractivity contribution in [2.75, 3.05) is 0 Å². The molecule has 0 aliphatic carbocycles. The van der Waals surface area contributed by atoms with Crippen LogP contribution in [-0.2, 0) is 0 Å². The van der Waals surface area contributed by atoms with Gasteiger partial charge in [-0.3, -0.25) is 4.79 Å². The second-order valence-corrected chi connectivity index (χ2v) is 4.13. The number of hydrogen-bond acceptors (Lipinski definition) is 3. The first-order valence-electron chi connectivity index (χ1n) is 5.32. The Labute approximate surface area is 113 Å². The van der Waals surface area contributed by atoms with E-state index >= 15 is 0 Å². The van der Waals surface area contributed by atoms with Gasteiger partial charge in [0.25, 0.3) is 0 Å². The maximum Gasteiger partial charge on any atom is 0.343 e. The van der Waals surface area contributed by atoms with Gasteiger partial charge in [-0.25, -0.2) is 9.18 Å². The second kappa shape index (κ2) is 5.63. The molecule has 0 fully saturated rings. The van der Waals surface area contributed by atoms with Gasteiger partial charge < -0.3 is 4.74 Å². The Morgan fingerprint density at radius 2 is 1.84 bits per heavy atom. The zero-order valence-corrected chi connectivity index (χ0v) is 10.4. The van der Waals surface area contributed by atoms with Crippen LogP contribution >= 0.6 is 11.6 Å². The van der Waals surface area contributed by atoms with Gasteiger partial charge in [0.05, 0.1) is 11.1 Å². The highest BCUT2D eigenvalue weighted by molar-refractivity contribution is 6.30. The van der Waals surface area contributed by atoms with E-state index in [-0.39, 0.29) is 16.9 Å². The van der Waals surface area contributed by atoms with Gasteiger partial charge in [0.15, 0.2) is 6.29 Å². The average Bonchev–Trinajstić information content (AvgIpc) is 2.41. The standard InChI is InChI=1S/C14H8ClFO3/c15-11-3-6-13(10(7-11)8-17)19-14(18)9-1-4-12(16)5-2-9/h1-8H. The molecule has 19 heavy (non-hydrogen) atoms. The minimum atomic E-state index is -0.676. The molecule has 0 heterocycles. The SMILES string of the molecule is O=Cc1cc(Cl)ccc1OC(=O)c1ccc(F)cc1.